The summed E-state index contributed by atoms with van der Waals surface area (Å²) in [4.78, 5) is 21.4. The van der Waals surface area contributed by atoms with Gasteiger partial charge in [-0.25, -0.2) is 0 Å². The normalized spacial score (nSPS) is 10.6. The van der Waals surface area contributed by atoms with Gasteiger partial charge in [0.2, 0.25) is 0 Å². The molecule has 0 spiro atoms. The fourth-order valence-corrected chi connectivity index (χ4v) is 1.57. The van der Waals surface area contributed by atoms with E-state index in [4.69, 9.17) is 9.47 Å². The van der Waals surface area contributed by atoms with Crippen LogP contribution in [0.4, 0.5) is 0 Å². The van der Waals surface area contributed by atoms with Gasteiger partial charge in [-0.1, -0.05) is 44.7 Å². The molecule has 0 N–H and O–H groups in total. The predicted octanol–water partition coefficient (Wildman–Crippen LogP) is 4.76. The molecule has 0 saturated heterocycles. The highest BCUT2D eigenvalue weighted by molar-refractivity contribution is 5.70. The largest absolute Gasteiger partial charge is 0.427 e. The molecular formula is C20H26O4. The first-order valence-corrected chi connectivity index (χ1v) is 7.90. The molecule has 0 aliphatic heterocycles. The first-order valence-electron chi connectivity index (χ1n) is 7.90. The van der Waals surface area contributed by atoms with Crippen LogP contribution in [0.3, 0.4) is 0 Å². The van der Waals surface area contributed by atoms with Crippen molar-refractivity contribution in [2.24, 2.45) is 0 Å². The highest BCUT2D eigenvalue weighted by Gasteiger charge is 1.99. The summed E-state index contributed by atoms with van der Waals surface area (Å²) in [5.41, 5.74) is 1.24. The van der Waals surface area contributed by atoms with Gasteiger partial charge in [-0.05, 0) is 43.2 Å². The Kier molecular flexibility index (Phi) is 11.5. The fourth-order valence-electron chi connectivity index (χ4n) is 1.57. The molecule has 0 fully saturated rings. The highest BCUT2D eigenvalue weighted by atomic mass is 16.5. The van der Waals surface area contributed by atoms with Crippen molar-refractivity contribution in [2.45, 2.75) is 40.5 Å². The van der Waals surface area contributed by atoms with Gasteiger partial charge in [-0.3, -0.25) is 9.59 Å². The van der Waals surface area contributed by atoms with Gasteiger partial charge < -0.3 is 9.47 Å². The van der Waals surface area contributed by atoms with Gasteiger partial charge in [0.1, 0.15) is 11.5 Å². The summed E-state index contributed by atoms with van der Waals surface area (Å²) in [5, 5.41) is 0. The van der Waals surface area contributed by atoms with Crippen molar-refractivity contribution in [3.05, 3.63) is 66.5 Å². The minimum absolute atomic E-state index is 0.235. The molecule has 0 amide bonds. The molecule has 0 radical (unpaired) electrons. The topological polar surface area (TPSA) is 52.6 Å². The Hall–Kier alpha value is -2.62. The number of esters is 2. The molecule has 4 nitrogen and oxygen atoms in total. The average molecular weight is 330 g/mol. The lowest BCUT2D eigenvalue weighted by Crippen LogP contribution is -2.00. The van der Waals surface area contributed by atoms with Crippen molar-refractivity contribution in [2.75, 3.05) is 0 Å². The van der Waals surface area contributed by atoms with Crippen molar-refractivity contribution in [1.29, 1.82) is 0 Å². The van der Waals surface area contributed by atoms with Gasteiger partial charge in [0.25, 0.3) is 0 Å². The van der Waals surface area contributed by atoms with Crippen LogP contribution in [0.25, 0.3) is 0 Å². The summed E-state index contributed by atoms with van der Waals surface area (Å²) in [6.45, 7) is 10.6. The molecule has 1 aromatic rings. The van der Waals surface area contributed by atoms with Crippen LogP contribution in [-0.4, -0.2) is 11.9 Å². The van der Waals surface area contributed by atoms with Crippen LogP contribution in [0.2, 0.25) is 0 Å². The zero-order valence-electron chi connectivity index (χ0n) is 14.9. The zero-order valence-corrected chi connectivity index (χ0v) is 14.9. The van der Waals surface area contributed by atoms with E-state index in [1.807, 2.05) is 19.1 Å². The number of allylic oxidation sites excluding steroid dienone is 4. The van der Waals surface area contributed by atoms with Crippen LogP contribution in [0.1, 0.15) is 39.7 Å². The maximum absolute atomic E-state index is 10.8. The van der Waals surface area contributed by atoms with Gasteiger partial charge >= 0.3 is 11.9 Å². The molecule has 0 bridgehead atoms. The molecule has 0 heterocycles. The molecule has 0 aliphatic rings. The number of hydrogen-bond donors (Lipinski definition) is 0. The number of rotatable bonds is 6. The number of ether oxygens (including phenoxy) is 2. The van der Waals surface area contributed by atoms with E-state index in [1.54, 1.807) is 43.4 Å². The highest BCUT2D eigenvalue weighted by Crippen LogP contribution is 2.12. The van der Waals surface area contributed by atoms with E-state index < -0.39 is 0 Å². The van der Waals surface area contributed by atoms with Crippen LogP contribution >= 0.6 is 0 Å². The van der Waals surface area contributed by atoms with Crippen molar-refractivity contribution < 1.29 is 19.1 Å². The standard InChI is InChI=1S/C10H12O2.C10H14O2/c1-3-9-4-6-10(7-5-9)12-8(2)11;1-4-7-9(8-5-2)12-10(11)6-3/h4-7H,3H2,1-2H3;4-5,7-8H,1,6H2,2-3H3/b;8-5-,9-7+. The SMILES string of the molecule is C=C/C=C(\C=C/C)OC(=O)CC.CCc1ccc(OC(C)=O)cc1. The number of carbonyl (C=O) groups is 2. The Morgan fingerprint density at radius 1 is 1.17 bits per heavy atom. The third-order valence-electron chi connectivity index (χ3n) is 2.73. The van der Waals surface area contributed by atoms with Crippen LogP contribution in [0.5, 0.6) is 5.75 Å². The minimum atomic E-state index is -0.278. The summed E-state index contributed by atoms with van der Waals surface area (Å²) in [6, 6.07) is 7.52. The molecule has 1 aromatic carbocycles. The molecule has 4 heteroatoms. The van der Waals surface area contributed by atoms with Gasteiger partial charge in [-0.2, -0.15) is 0 Å². The Bertz CT molecular complexity index is 580. The van der Waals surface area contributed by atoms with Crippen LogP contribution in [0, 0.1) is 0 Å². The van der Waals surface area contributed by atoms with Crippen molar-refractivity contribution in [3.63, 3.8) is 0 Å². The summed E-state index contributed by atoms with van der Waals surface area (Å²) in [6.07, 6.45) is 8.13. The third-order valence-corrected chi connectivity index (χ3v) is 2.73. The van der Waals surface area contributed by atoms with Gasteiger partial charge in [0.15, 0.2) is 0 Å². The first kappa shape index (κ1) is 21.4. The van der Waals surface area contributed by atoms with Gasteiger partial charge in [-0.15, -0.1) is 0 Å². The lowest BCUT2D eigenvalue weighted by molar-refractivity contribution is -0.138. The molecule has 0 saturated carbocycles. The molecule has 0 unspecified atom stereocenters. The maximum atomic E-state index is 10.8. The lowest BCUT2D eigenvalue weighted by atomic mass is 10.2. The third kappa shape index (κ3) is 10.2. The summed E-state index contributed by atoms with van der Waals surface area (Å²) < 4.78 is 9.82. The Morgan fingerprint density at radius 2 is 1.79 bits per heavy atom. The van der Waals surface area contributed by atoms with Crippen LogP contribution in [0.15, 0.2) is 60.9 Å². The molecule has 24 heavy (non-hydrogen) atoms. The Labute approximate surface area is 144 Å². The molecular weight excluding hydrogens is 304 g/mol. The van der Waals surface area contributed by atoms with E-state index in [1.165, 1.54) is 12.5 Å². The van der Waals surface area contributed by atoms with Gasteiger partial charge in [0.05, 0.1) is 0 Å². The molecule has 0 atom stereocenters. The predicted molar refractivity (Wildman–Crippen MR) is 96.6 cm³/mol. The molecule has 0 aliphatic carbocycles. The minimum Gasteiger partial charge on any atom is -0.427 e. The lowest BCUT2D eigenvalue weighted by Gasteiger charge is -2.01. The first-order chi connectivity index (χ1) is 11.5. The second-order valence-corrected chi connectivity index (χ2v) is 4.72. The molecule has 0 aromatic heterocycles. The summed E-state index contributed by atoms with van der Waals surface area (Å²) >= 11 is 0. The van der Waals surface area contributed by atoms with E-state index >= 15 is 0 Å². The second kappa shape index (κ2) is 12.9. The summed E-state index contributed by atoms with van der Waals surface area (Å²) in [5.74, 6) is 0.625. The summed E-state index contributed by atoms with van der Waals surface area (Å²) in [7, 11) is 0. The number of benzene rings is 1. The second-order valence-electron chi connectivity index (χ2n) is 4.72. The monoisotopic (exact) mass is 330 g/mol. The van der Waals surface area contributed by atoms with E-state index in [2.05, 4.69) is 13.5 Å². The van der Waals surface area contributed by atoms with Gasteiger partial charge in [0, 0.05) is 13.3 Å². The number of carbonyl (C=O) groups excluding carboxylic acids is 2. The molecule has 130 valence electrons. The smallest absolute Gasteiger partial charge is 0.310 e. The Morgan fingerprint density at radius 3 is 2.21 bits per heavy atom. The number of hydrogen-bond acceptors (Lipinski definition) is 4. The maximum Gasteiger partial charge on any atom is 0.310 e. The molecule has 1 rings (SSSR count). The number of aryl methyl sites for hydroxylation is 1. The van der Waals surface area contributed by atoms with E-state index in [9.17, 15) is 9.59 Å². The van der Waals surface area contributed by atoms with Crippen molar-refractivity contribution in [1.82, 2.24) is 0 Å². The van der Waals surface area contributed by atoms with Crippen LogP contribution < -0.4 is 4.74 Å². The van der Waals surface area contributed by atoms with Crippen molar-refractivity contribution in [3.8, 4) is 5.75 Å². The van der Waals surface area contributed by atoms with E-state index in [0.29, 0.717) is 17.9 Å². The quantitative estimate of drug-likeness (QED) is 0.326. The Balaban J connectivity index is 0.000000441. The average Bonchev–Trinajstić information content (AvgIpc) is 2.56. The zero-order chi connectivity index (χ0) is 18.4. The van der Waals surface area contributed by atoms with Crippen molar-refractivity contribution >= 4 is 11.9 Å². The van der Waals surface area contributed by atoms with E-state index in [0.717, 1.165) is 6.42 Å². The fraction of sp³-hybridized carbons (Fsp3) is 0.300. The van der Waals surface area contributed by atoms with E-state index in [-0.39, 0.29) is 11.9 Å². The van der Waals surface area contributed by atoms with Crippen LogP contribution in [-0.2, 0) is 20.7 Å².